The van der Waals surface area contributed by atoms with E-state index in [1.807, 2.05) is 0 Å². The fourth-order valence-corrected chi connectivity index (χ4v) is 7.93. The Labute approximate surface area is 91.5 Å². The van der Waals surface area contributed by atoms with Gasteiger partial charge in [0.2, 0.25) is 8.32 Å². The third-order valence-corrected chi connectivity index (χ3v) is 10.5. The molecule has 0 radical (unpaired) electrons. The second kappa shape index (κ2) is 7.32. The van der Waals surface area contributed by atoms with Crippen LogP contribution in [0.3, 0.4) is 0 Å². The van der Waals surface area contributed by atoms with E-state index in [9.17, 15) is 0 Å². The summed E-state index contributed by atoms with van der Waals surface area (Å²) in [4.78, 5) is 0. The molecule has 0 heterocycles. The molecule has 0 aromatic heterocycles. The van der Waals surface area contributed by atoms with Gasteiger partial charge in [0.1, 0.15) is 0 Å². The summed E-state index contributed by atoms with van der Waals surface area (Å²) in [7, 11) is -1.28. The van der Waals surface area contributed by atoms with Crippen molar-refractivity contribution in [1.29, 1.82) is 0 Å². The highest BCUT2D eigenvalue weighted by molar-refractivity contribution is 14.1. The molecule has 1 nitrogen and oxygen atoms in total. The minimum absolute atomic E-state index is 0.912. The van der Waals surface area contributed by atoms with E-state index in [0.29, 0.717) is 0 Å². The molecule has 3 heteroatoms. The second-order valence-electron chi connectivity index (χ2n) is 3.25. The van der Waals surface area contributed by atoms with Gasteiger partial charge in [0, 0.05) is 10.7 Å². The van der Waals surface area contributed by atoms with Crippen LogP contribution in [0.25, 0.3) is 0 Å². The highest BCUT2D eigenvalue weighted by Crippen LogP contribution is 2.23. The highest BCUT2D eigenvalue weighted by atomic mass is 127. The van der Waals surface area contributed by atoms with Gasteiger partial charge in [-0.1, -0.05) is 49.3 Å². The van der Waals surface area contributed by atoms with Crippen molar-refractivity contribution in [1.82, 2.24) is 0 Å². The normalized spacial score (nSPS) is 12.0. The quantitative estimate of drug-likeness (QED) is 0.395. The molecule has 0 aliphatic rings. The Balaban J connectivity index is 4.06. The van der Waals surface area contributed by atoms with Crippen molar-refractivity contribution in [3.8, 4) is 0 Å². The number of halogens is 1. The van der Waals surface area contributed by atoms with Gasteiger partial charge in [0.25, 0.3) is 0 Å². The van der Waals surface area contributed by atoms with Gasteiger partial charge in [-0.25, -0.2) is 0 Å². The van der Waals surface area contributed by atoms with Gasteiger partial charge >= 0.3 is 0 Å². The van der Waals surface area contributed by atoms with Crippen LogP contribution in [0.4, 0.5) is 0 Å². The van der Waals surface area contributed by atoms with E-state index in [2.05, 4.69) is 43.4 Å². The van der Waals surface area contributed by atoms with Crippen molar-refractivity contribution < 1.29 is 4.43 Å². The Hall–Kier alpha value is 0.907. The summed E-state index contributed by atoms with van der Waals surface area (Å²) in [6.07, 6.45) is 2.57. The summed E-state index contributed by atoms with van der Waals surface area (Å²) in [5.74, 6) is 0. The van der Waals surface area contributed by atoms with Crippen molar-refractivity contribution in [3.05, 3.63) is 0 Å². The van der Waals surface area contributed by atoms with Crippen LogP contribution in [0.2, 0.25) is 12.1 Å². The maximum atomic E-state index is 5.99. The molecule has 0 amide bonds. The minimum Gasteiger partial charge on any atom is -0.416 e. The average Bonchev–Trinajstić information content (AvgIpc) is 2.06. The van der Waals surface area contributed by atoms with Crippen LogP contribution < -0.4 is 0 Å². The fourth-order valence-electron chi connectivity index (χ4n) is 1.66. The third-order valence-electron chi connectivity index (χ3n) is 2.11. The van der Waals surface area contributed by atoms with Gasteiger partial charge in [-0.05, 0) is 19.0 Å². The summed E-state index contributed by atoms with van der Waals surface area (Å²) >= 11 is 2.51. The van der Waals surface area contributed by atoms with Crippen molar-refractivity contribution in [3.63, 3.8) is 0 Å². The van der Waals surface area contributed by atoms with E-state index >= 15 is 0 Å². The Bertz CT molecular complexity index is 91.7. The molecule has 74 valence electrons. The zero-order valence-corrected chi connectivity index (χ0v) is 11.7. The van der Waals surface area contributed by atoms with E-state index in [-0.39, 0.29) is 0 Å². The summed E-state index contributed by atoms with van der Waals surface area (Å²) in [6, 6.07) is 2.69. The van der Waals surface area contributed by atoms with Gasteiger partial charge < -0.3 is 4.43 Å². The lowest BCUT2D eigenvalue weighted by molar-refractivity contribution is 0.322. The molecule has 12 heavy (non-hydrogen) atoms. The monoisotopic (exact) mass is 300 g/mol. The topological polar surface area (TPSA) is 9.23 Å². The van der Waals surface area contributed by atoms with Crippen molar-refractivity contribution in [2.24, 2.45) is 0 Å². The number of hydrogen-bond donors (Lipinski definition) is 0. The van der Waals surface area contributed by atoms with Crippen LogP contribution in [0.15, 0.2) is 0 Å². The SMILES string of the molecule is CCC[Si](CI)(CCC)OCC. The van der Waals surface area contributed by atoms with Crippen LogP contribution >= 0.6 is 22.6 Å². The fraction of sp³-hybridized carbons (Fsp3) is 1.00. The first-order valence-corrected chi connectivity index (χ1v) is 9.00. The Kier molecular flexibility index (Phi) is 7.88. The van der Waals surface area contributed by atoms with E-state index < -0.39 is 8.32 Å². The first kappa shape index (κ1) is 12.9. The van der Waals surface area contributed by atoms with Crippen LogP contribution in [0.1, 0.15) is 33.6 Å². The minimum atomic E-state index is -1.28. The molecular weight excluding hydrogens is 279 g/mol. The highest BCUT2D eigenvalue weighted by Gasteiger charge is 2.31. The zero-order chi connectivity index (χ0) is 9.45. The molecule has 0 fully saturated rings. The van der Waals surface area contributed by atoms with Crippen LogP contribution in [-0.2, 0) is 4.43 Å². The first-order valence-electron chi connectivity index (χ1n) is 4.94. The maximum absolute atomic E-state index is 5.99. The lowest BCUT2D eigenvalue weighted by Crippen LogP contribution is -2.40. The molecule has 0 aliphatic heterocycles. The molecule has 0 N–H and O–H groups in total. The molecule has 0 aromatic carbocycles. The van der Waals surface area contributed by atoms with E-state index in [1.54, 1.807) is 0 Å². The first-order chi connectivity index (χ1) is 5.74. The van der Waals surface area contributed by atoms with E-state index in [4.69, 9.17) is 4.43 Å². The van der Waals surface area contributed by atoms with E-state index in [0.717, 1.165) is 6.61 Å². The van der Waals surface area contributed by atoms with Crippen molar-refractivity contribution >= 4 is 30.9 Å². The second-order valence-corrected chi connectivity index (χ2v) is 9.46. The molecular formula is C9H21IOSi. The van der Waals surface area contributed by atoms with E-state index in [1.165, 1.54) is 29.0 Å². The Morgan fingerprint density at radius 2 is 1.58 bits per heavy atom. The maximum Gasteiger partial charge on any atom is 0.202 e. The van der Waals surface area contributed by atoms with Crippen LogP contribution in [0.5, 0.6) is 0 Å². The molecule has 0 spiro atoms. The summed E-state index contributed by atoms with van der Waals surface area (Å²) in [5, 5.41) is 0. The molecule has 0 saturated heterocycles. The number of alkyl halides is 1. The van der Waals surface area contributed by atoms with Gasteiger partial charge in [-0.15, -0.1) is 0 Å². The lowest BCUT2D eigenvalue weighted by atomic mass is 10.6. The number of hydrogen-bond acceptors (Lipinski definition) is 1. The smallest absolute Gasteiger partial charge is 0.202 e. The standard InChI is InChI=1S/C9H21IOSi/c1-4-7-12(9-10,8-5-2)11-6-3/h4-9H2,1-3H3. The van der Waals surface area contributed by atoms with Crippen LogP contribution in [0, 0.1) is 0 Å². The average molecular weight is 300 g/mol. The summed E-state index contributed by atoms with van der Waals surface area (Å²) in [5.41, 5.74) is 0. The molecule has 0 aromatic rings. The molecule has 0 rings (SSSR count). The molecule has 0 saturated carbocycles. The van der Waals surface area contributed by atoms with Gasteiger partial charge in [0.15, 0.2) is 0 Å². The Morgan fingerprint density at radius 3 is 1.83 bits per heavy atom. The lowest BCUT2D eigenvalue weighted by Gasteiger charge is -2.28. The number of rotatable bonds is 7. The largest absolute Gasteiger partial charge is 0.416 e. The van der Waals surface area contributed by atoms with Crippen LogP contribution in [-0.4, -0.2) is 19.0 Å². The van der Waals surface area contributed by atoms with Crippen molar-refractivity contribution in [2.75, 3.05) is 10.7 Å². The van der Waals surface area contributed by atoms with Gasteiger partial charge in [0.05, 0.1) is 0 Å². The van der Waals surface area contributed by atoms with Gasteiger partial charge in [-0.3, -0.25) is 0 Å². The predicted molar refractivity (Wildman–Crippen MR) is 66.5 cm³/mol. The predicted octanol–water partition coefficient (Wildman–Crippen LogP) is 3.76. The molecule has 0 unspecified atom stereocenters. The summed E-state index contributed by atoms with van der Waals surface area (Å²) in [6.45, 7) is 7.57. The zero-order valence-electron chi connectivity index (χ0n) is 8.53. The Morgan fingerprint density at radius 1 is 1.08 bits per heavy atom. The molecule has 0 bridgehead atoms. The molecule has 0 atom stereocenters. The van der Waals surface area contributed by atoms with Crippen molar-refractivity contribution in [2.45, 2.75) is 45.7 Å². The molecule has 0 aliphatic carbocycles. The summed E-state index contributed by atoms with van der Waals surface area (Å²) < 4.78 is 7.26. The van der Waals surface area contributed by atoms with Gasteiger partial charge in [-0.2, -0.15) is 0 Å². The third kappa shape index (κ3) is 4.23.